The molecule has 0 aliphatic carbocycles. The molecule has 0 aromatic heterocycles. The van der Waals surface area contributed by atoms with Gasteiger partial charge in [-0.05, 0) is 66.2 Å². The van der Waals surface area contributed by atoms with Crippen molar-refractivity contribution in [1.29, 1.82) is 0 Å². The Balaban J connectivity index is 3.88. The zero-order valence-corrected chi connectivity index (χ0v) is 14.0. The predicted molar refractivity (Wildman–Crippen MR) is 91.4 cm³/mol. The summed E-state index contributed by atoms with van der Waals surface area (Å²) in [6, 6.07) is 0. The zero-order chi connectivity index (χ0) is 16.1. The van der Waals surface area contributed by atoms with Crippen molar-refractivity contribution in [2.45, 2.75) is 66.2 Å². The molecule has 0 unspecified atom stereocenters. The molecule has 0 spiro atoms. The summed E-state index contributed by atoms with van der Waals surface area (Å²) >= 11 is 0. The minimum atomic E-state index is -0.871. The summed E-state index contributed by atoms with van der Waals surface area (Å²) in [5.41, 5.74) is 4.23. The van der Waals surface area contributed by atoms with Crippen LogP contribution in [0.25, 0.3) is 0 Å². The van der Waals surface area contributed by atoms with Crippen LogP contribution in [-0.4, -0.2) is 11.1 Å². The van der Waals surface area contributed by atoms with Gasteiger partial charge in [0, 0.05) is 6.08 Å². The first-order chi connectivity index (χ1) is 9.91. The van der Waals surface area contributed by atoms with Gasteiger partial charge in [-0.2, -0.15) is 0 Å². The van der Waals surface area contributed by atoms with Gasteiger partial charge in [-0.1, -0.05) is 41.0 Å². The maximum atomic E-state index is 10.3. The molecular weight excluding hydrogens is 260 g/mol. The third kappa shape index (κ3) is 14.6. The van der Waals surface area contributed by atoms with Gasteiger partial charge in [-0.3, -0.25) is 0 Å². The zero-order valence-electron chi connectivity index (χ0n) is 14.0. The summed E-state index contributed by atoms with van der Waals surface area (Å²) < 4.78 is 0. The first kappa shape index (κ1) is 19.4. The first-order valence-electron chi connectivity index (χ1n) is 7.76. The fourth-order valence-electron chi connectivity index (χ4n) is 1.95. The highest BCUT2D eigenvalue weighted by Gasteiger charge is 1.92. The Morgan fingerprint density at radius 1 is 0.810 bits per heavy atom. The van der Waals surface area contributed by atoms with Crippen molar-refractivity contribution in [1.82, 2.24) is 0 Å². The number of hydrogen-bond acceptors (Lipinski definition) is 1. The normalized spacial score (nSPS) is 12.8. The van der Waals surface area contributed by atoms with Crippen molar-refractivity contribution in [2.24, 2.45) is 0 Å². The summed E-state index contributed by atoms with van der Waals surface area (Å²) in [5.74, 6) is -0.871. The van der Waals surface area contributed by atoms with Crippen molar-refractivity contribution in [3.8, 4) is 0 Å². The van der Waals surface area contributed by atoms with E-state index in [1.54, 1.807) is 6.08 Å². The smallest absolute Gasteiger partial charge is 0.327 e. The SMILES string of the molecule is CC(C)=CCC/C(C)=C/CC/C(C)=C/CC/C=C/C(=O)O. The number of allylic oxidation sites excluding steroid dienone is 7. The van der Waals surface area contributed by atoms with Crippen molar-refractivity contribution in [3.05, 3.63) is 47.1 Å². The van der Waals surface area contributed by atoms with E-state index in [4.69, 9.17) is 5.11 Å². The minimum absolute atomic E-state index is 0.793. The topological polar surface area (TPSA) is 37.3 Å². The van der Waals surface area contributed by atoms with E-state index in [1.807, 2.05) is 0 Å². The van der Waals surface area contributed by atoms with E-state index in [1.165, 1.54) is 22.8 Å². The Bertz CT molecular complexity index is 419. The summed E-state index contributed by atoms with van der Waals surface area (Å²) in [4.78, 5) is 10.3. The molecule has 0 bridgehead atoms. The van der Waals surface area contributed by atoms with Crippen LogP contribution in [0.5, 0.6) is 0 Å². The molecule has 0 aliphatic rings. The van der Waals surface area contributed by atoms with Gasteiger partial charge in [-0.15, -0.1) is 0 Å². The second kappa shape index (κ2) is 12.2. The van der Waals surface area contributed by atoms with Crippen LogP contribution in [0.2, 0.25) is 0 Å². The molecule has 0 saturated carbocycles. The highest BCUT2D eigenvalue weighted by molar-refractivity contribution is 5.79. The minimum Gasteiger partial charge on any atom is -0.478 e. The second-order valence-corrected chi connectivity index (χ2v) is 5.78. The molecule has 1 N–H and O–H groups in total. The Kier molecular flexibility index (Phi) is 11.3. The van der Waals surface area contributed by atoms with Crippen LogP contribution in [0.3, 0.4) is 0 Å². The Labute approximate surface area is 130 Å². The fraction of sp³-hybridized carbons (Fsp3) is 0.526. The van der Waals surface area contributed by atoms with Crippen LogP contribution in [0.1, 0.15) is 66.2 Å². The molecule has 0 aliphatic heterocycles. The van der Waals surface area contributed by atoms with Crippen LogP contribution < -0.4 is 0 Å². The maximum absolute atomic E-state index is 10.3. The fourth-order valence-corrected chi connectivity index (χ4v) is 1.95. The second-order valence-electron chi connectivity index (χ2n) is 5.78. The van der Waals surface area contributed by atoms with Gasteiger partial charge in [0.25, 0.3) is 0 Å². The lowest BCUT2D eigenvalue weighted by Crippen LogP contribution is -1.85. The molecule has 0 heterocycles. The molecule has 0 saturated heterocycles. The molecule has 0 atom stereocenters. The quantitative estimate of drug-likeness (QED) is 0.312. The van der Waals surface area contributed by atoms with Gasteiger partial charge in [-0.25, -0.2) is 4.79 Å². The summed E-state index contributed by atoms with van der Waals surface area (Å²) in [6.07, 6.45) is 15.9. The van der Waals surface area contributed by atoms with E-state index in [2.05, 4.69) is 45.9 Å². The van der Waals surface area contributed by atoms with Gasteiger partial charge in [0.2, 0.25) is 0 Å². The molecule has 2 heteroatoms. The third-order valence-electron chi connectivity index (χ3n) is 3.21. The average molecular weight is 290 g/mol. The summed E-state index contributed by atoms with van der Waals surface area (Å²) in [7, 11) is 0. The Hall–Kier alpha value is -1.57. The van der Waals surface area contributed by atoms with E-state index >= 15 is 0 Å². The third-order valence-corrected chi connectivity index (χ3v) is 3.21. The molecule has 0 aromatic carbocycles. The van der Waals surface area contributed by atoms with Crippen molar-refractivity contribution < 1.29 is 9.90 Å². The van der Waals surface area contributed by atoms with E-state index in [0.29, 0.717) is 0 Å². The number of hydrogen-bond donors (Lipinski definition) is 1. The van der Waals surface area contributed by atoms with Crippen LogP contribution in [-0.2, 0) is 4.79 Å². The lowest BCUT2D eigenvalue weighted by Gasteiger charge is -2.01. The number of rotatable bonds is 10. The van der Waals surface area contributed by atoms with Gasteiger partial charge in [0.05, 0.1) is 0 Å². The number of carboxylic acids is 1. The van der Waals surface area contributed by atoms with Crippen LogP contribution >= 0.6 is 0 Å². The van der Waals surface area contributed by atoms with Crippen LogP contribution in [0.15, 0.2) is 47.1 Å². The monoisotopic (exact) mass is 290 g/mol. The maximum Gasteiger partial charge on any atom is 0.327 e. The first-order valence-corrected chi connectivity index (χ1v) is 7.76. The largest absolute Gasteiger partial charge is 0.478 e. The highest BCUT2D eigenvalue weighted by Crippen LogP contribution is 2.12. The molecule has 2 nitrogen and oxygen atoms in total. The Morgan fingerprint density at radius 2 is 1.33 bits per heavy atom. The Morgan fingerprint density at radius 3 is 1.86 bits per heavy atom. The van der Waals surface area contributed by atoms with Gasteiger partial charge in [0.1, 0.15) is 0 Å². The van der Waals surface area contributed by atoms with E-state index in [0.717, 1.165) is 38.5 Å². The van der Waals surface area contributed by atoms with Crippen molar-refractivity contribution in [3.63, 3.8) is 0 Å². The van der Waals surface area contributed by atoms with Crippen LogP contribution in [0.4, 0.5) is 0 Å². The standard InChI is InChI=1S/C19H30O2/c1-16(2)10-8-12-18(4)14-9-13-17(3)11-6-5-7-15-19(20)21/h7,10-11,14-15H,5-6,8-9,12-13H2,1-4H3,(H,20,21)/b15-7+,17-11+,18-14+. The lowest BCUT2D eigenvalue weighted by molar-refractivity contribution is -0.131. The van der Waals surface area contributed by atoms with Gasteiger partial charge >= 0.3 is 5.97 Å². The molecule has 0 rings (SSSR count). The van der Waals surface area contributed by atoms with E-state index < -0.39 is 5.97 Å². The summed E-state index contributed by atoms with van der Waals surface area (Å²) in [5, 5.41) is 8.47. The van der Waals surface area contributed by atoms with Gasteiger partial charge in [0.15, 0.2) is 0 Å². The van der Waals surface area contributed by atoms with Gasteiger partial charge < -0.3 is 5.11 Å². The number of carbonyl (C=O) groups is 1. The molecule has 0 radical (unpaired) electrons. The van der Waals surface area contributed by atoms with Crippen LogP contribution in [0, 0.1) is 0 Å². The molecule has 0 amide bonds. The van der Waals surface area contributed by atoms with Crippen molar-refractivity contribution >= 4 is 5.97 Å². The summed E-state index contributed by atoms with van der Waals surface area (Å²) in [6.45, 7) is 8.62. The number of unbranched alkanes of at least 4 members (excludes halogenated alkanes) is 1. The lowest BCUT2D eigenvalue weighted by atomic mass is 10.1. The molecule has 118 valence electrons. The van der Waals surface area contributed by atoms with E-state index in [9.17, 15) is 4.79 Å². The predicted octanol–water partition coefficient (Wildman–Crippen LogP) is 5.83. The molecule has 0 aromatic rings. The average Bonchev–Trinajstić information content (AvgIpc) is 2.37. The highest BCUT2D eigenvalue weighted by atomic mass is 16.4. The van der Waals surface area contributed by atoms with E-state index in [-0.39, 0.29) is 0 Å². The molecular formula is C19H30O2. The molecule has 21 heavy (non-hydrogen) atoms. The number of aliphatic carboxylic acids is 1. The number of carboxylic acid groups (broad SMARTS) is 1. The van der Waals surface area contributed by atoms with Crippen molar-refractivity contribution in [2.75, 3.05) is 0 Å². The molecule has 0 fully saturated rings.